The molecule has 1 fully saturated rings. The molecule has 4 rings (SSSR count). The summed E-state index contributed by atoms with van der Waals surface area (Å²) in [5, 5.41) is 2.68. The summed E-state index contributed by atoms with van der Waals surface area (Å²) in [5.74, 6) is -0.240. The van der Waals surface area contributed by atoms with Crippen molar-refractivity contribution in [3.8, 4) is 5.75 Å². The van der Waals surface area contributed by atoms with Gasteiger partial charge in [0.15, 0.2) is 11.5 Å². The van der Waals surface area contributed by atoms with E-state index in [0.29, 0.717) is 37.5 Å². The van der Waals surface area contributed by atoms with Gasteiger partial charge >= 0.3 is 0 Å². The van der Waals surface area contributed by atoms with Crippen molar-refractivity contribution in [3.63, 3.8) is 0 Å². The smallest absolute Gasteiger partial charge is 0.276 e. The first-order valence-corrected chi connectivity index (χ1v) is 10.1. The highest BCUT2D eigenvalue weighted by atomic mass is 19.1. The lowest BCUT2D eigenvalue weighted by Gasteiger charge is -2.36. The molecule has 2 heterocycles. The van der Waals surface area contributed by atoms with Crippen LogP contribution in [0.1, 0.15) is 20.8 Å². The van der Waals surface area contributed by atoms with Crippen LogP contribution in [-0.4, -0.2) is 60.0 Å². The van der Waals surface area contributed by atoms with Crippen LogP contribution in [0.25, 0.3) is 0 Å². The maximum absolute atomic E-state index is 13.2. The van der Waals surface area contributed by atoms with Gasteiger partial charge in [0, 0.05) is 49.8 Å². The van der Waals surface area contributed by atoms with Gasteiger partial charge in [0.05, 0.1) is 7.11 Å². The molecule has 0 saturated carbocycles. The van der Waals surface area contributed by atoms with Gasteiger partial charge in [0.2, 0.25) is 0 Å². The zero-order valence-electron chi connectivity index (χ0n) is 17.5. The minimum atomic E-state index is -0.400. The topological polar surface area (TPSA) is 87.7 Å². The number of piperazine rings is 1. The number of methoxy groups -OCH3 is 1. The molecule has 32 heavy (non-hydrogen) atoms. The molecule has 0 unspecified atom stereocenters. The molecule has 9 heteroatoms. The van der Waals surface area contributed by atoms with Crippen molar-refractivity contribution in [1.82, 2.24) is 14.9 Å². The van der Waals surface area contributed by atoms with E-state index in [2.05, 4.69) is 20.2 Å². The van der Waals surface area contributed by atoms with Crippen LogP contribution in [0, 0.1) is 5.82 Å². The normalized spacial score (nSPS) is 13.6. The molecule has 1 aromatic heterocycles. The average Bonchev–Trinajstić information content (AvgIpc) is 2.84. The van der Waals surface area contributed by atoms with Gasteiger partial charge in [-0.25, -0.2) is 14.4 Å². The van der Waals surface area contributed by atoms with E-state index in [1.165, 1.54) is 24.5 Å². The second kappa shape index (κ2) is 9.42. The molecule has 3 aromatic rings. The number of nitrogens with zero attached hydrogens (tertiary/aromatic N) is 4. The molecule has 0 bridgehead atoms. The lowest BCUT2D eigenvalue weighted by Crippen LogP contribution is -2.49. The van der Waals surface area contributed by atoms with Crippen LogP contribution in [-0.2, 0) is 0 Å². The SMILES string of the molecule is COc1ccc(C(=O)Nc2nccnc2C(=O)N2CCN(c3ccc(F)cc3)CC2)cc1. The van der Waals surface area contributed by atoms with Crippen LogP contribution in [0.3, 0.4) is 0 Å². The van der Waals surface area contributed by atoms with E-state index in [9.17, 15) is 14.0 Å². The summed E-state index contributed by atoms with van der Waals surface area (Å²) >= 11 is 0. The van der Waals surface area contributed by atoms with Crippen molar-refractivity contribution in [1.29, 1.82) is 0 Å². The van der Waals surface area contributed by atoms with Gasteiger partial charge in [-0.3, -0.25) is 9.59 Å². The molecule has 164 valence electrons. The lowest BCUT2D eigenvalue weighted by molar-refractivity contribution is 0.0741. The third-order valence-electron chi connectivity index (χ3n) is 5.24. The maximum atomic E-state index is 13.2. The number of amides is 2. The minimum Gasteiger partial charge on any atom is -0.497 e. The molecular formula is C23H22FN5O3. The first kappa shape index (κ1) is 21.2. The molecule has 1 aliphatic heterocycles. The Morgan fingerprint density at radius 3 is 2.25 bits per heavy atom. The average molecular weight is 435 g/mol. The molecular weight excluding hydrogens is 413 g/mol. The van der Waals surface area contributed by atoms with Crippen LogP contribution in [0.4, 0.5) is 15.9 Å². The number of carbonyl (C=O) groups excluding carboxylic acids is 2. The van der Waals surface area contributed by atoms with Gasteiger partial charge in [-0.1, -0.05) is 0 Å². The molecule has 0 aliphatic carbocycles. The van der Waals surface area contributed by atoms with E-state index in [-0.39, 0.29) is 23.2 Å². The monoisotopic (exact) mass is 435 g/mol. The number of benzene rings is 2. The van der Waals surface area contributed by atoms with Crippen LogP contribution in [0.2, 0.25) is 0 Å². The molecule has 0 radical (unpaired) electrons. The highest BCUT2D eigenvalue weighted by Gasteiger charge is 2.26. The largest absolute Gasteiger partial charge is 0.497 e. The van der Waals surface area contributed by atoms with Gasteiger partial charge < -0.3 is 19.9 Å². The summed E-state index contributed by atoms with van der Waals surface area (Å²) in [7, 11) is 1.55. The Hall–Kier alpha value is -4.01. The van der Waals surface area contributed by atoms with Gasteiger partial charge in [0.1, 0.15) is 11.6 Å². The molecule has 1 N–H and O–H groups in total. The number of hydrogen-bond acceptors (Lipinski definition) is 6. The Morgan fingerprint density at radius 1 is 0.938 bits per heavy atom. The predicted octanol–water partition coefficient (Wildman–Crippen LogP) is 2.84. The van der Waals surface area contributed by atoms with Crippen molar-refractivity contribution in [2.45, 2.75) is 0 Å². The number of ether oxygens (including phenoxy) is 1. The Kier molecular flexibility index (Phi) is 6.25. The summed E-state index contributed by atoms with van der Waals surface area (Å²) < 4.78 is 18.3. The molecule has 8 nitrogen and oxygen atoms in total. The number of nitrogens with one attached hydrogen (secondary N) is 1. The Balaban J connectivity index is 1.43. The van der Waals surface area contributed by atoms with Gasteiger partial charge in [-0.15, -0.1) is 0 Å². The lowest BCUT2D eigenvalue weighted by atomic mass is 10.2. The number of anilines is 2. The molecule has 1 saturated heterocycles. The van der Waals surface area contributed by atoms with E-state index in [0.717, 1.165) is 5.69 Å². The zero-order chi connectivity index (χ0) is 22.5. The summed E-state index contributed by atoms with van der Waals surface area (Å²) in [4.78, 5) is 37.8. The fraction of sp³-hybridized carbons (Fsp3) is 0.217. The third-order valence-corrected chi connectivity index (χ3v) is 5.24. The van der Waals surface area contributed by atoms with Crippen LogP contribution < -0.4 is 15.0 Å². The second-order valence-electron chi connectivity index (χ2n) is 7.19. The molecule has 1 aliphatic rings. The third kappa shape index (κ3) is 4.66. The Morgan fingerprint density at radius 2 is 1.59 bits per heavy atom. The quantitative estimate of drug-likeness (QED) is 0.663. The van der Waals surface area contributed by atoms with E-state index in [4.69, 9.17) is 4.74 Å². The van der Waals surface area contributed by atoms with Gasteiger partial charge in [-0.2, -0.15) is 0 Å². The zero-order valence-corrected chi connectivity index (χ0v) is 17.5. The number of rotatable bonds is 5. The van der Waals surface area contributed by atoms with Crippen LogP contribution in [0.5, 0.6) is 5.75 Å². The Labute approximate surface area is 184 Å². The fourth-order valence-electron chi connectivity index (χ4n) is 3.48. The maximum Gasteiger partial charge on any atom is 0.276 e. The molecule has 0 atom stereocenters. The summed E-state index contributed by atoms with van der Waals surface area (Å²) in [6.07, 6.45) is 2.85. The number of aromatic nitrogens is 2. The standard InChI is InChI=1S/C23H22FN5O3/c1-32-19-8-2-16(3-9-19)22(30)27-21-20(25-10-11-26-21)23(31)29-14-12-28(13-15-29)18-6-4-17(24)5-7-18/h2-11H,12-15H2,1H3,(H,26,27,30). The van der Waals surface area contributed by atoms with Gasteiger partial charge in [-0.05, 0) is 48.5 Å². The van der Waals surface area contributed by atoms with Crippen molar-refractivity contribution in [2.24, 2.45) is 0 Å². The summed E-state index contributed by atoms with van der Waals surface area (Å²) in [6, 6.07) is 12.9. The fourth-order valence-corrected chi connectivity index (χ4v) is 3.48. The number of halogens is 1. The second-order valence-corrected chi connectivity index (χ2v) is 7.19. The molecule has 2 aromatic carbocycles. The van der Waals surface area contributed by atoms with Crippen molar-refractivity contribution in [3.05, 3.63) is 78.0 Å². The van der Waals surface area contributed by atoms with E-state index in [1.54, 1.807) is 48.4 Å². The highest BCUT2D eigenvalue weighted by molar-refractivity contribution is 6.07. The van der Waals surface area contributed by atoms with Crippen LogP contribution in [0.15, 0.2) is 60.9 Å². The van der Waals surface area contributed by atoms with Crippen molar-refractivity contribution >= 4 is 23.3 Å². The van der Waals surface area contributed by atoms with E-state index < -0.39 is 5.91 Å². The minimum absolute atomic E-state index is 0.0876. The van der Waals surface area contributed by atoms with Crippen molar-refractivity contribution in [2.75, 3.05) is 43.5 Å². The predicted molar refractivity (Wildman–Crippen MR) is 117 cm³/mol. The summed E-state index contributed by atoms with van der Waals surface area (Å²) in [5.41, 5.74) is 1.40. The van der Waals surface area contributed by atoms with E-state index >= 15 is 0 Å². The first-order valence-electron chi connectivity index (χ1n) is 10.1. The van der Waals surface area contributed by atoms with E-state index in [1.807, 2.05) is 0 Å². The first-order chi connectivity index (χ1) is 15.5. The number of hydrogen-bond donors (Lipinski definition) is 1. The van der Waals surface area contributed by atoms with Gasteiger partial charge in [0.25, 0.3) is 11.8 Å². The summed E-state index contributed by atoms with van der Waals surface area (Å²) in [6.45, 7) is 2.15. The number of carbonyl (C=O) groups is 2. The Bertz CT molecular complexity index is 1100. The highest BCUT2D eigenvalue weighted by Crippen LogP contribution is 2.20. The van der Waals surface area contributed by atoms with Crippen LogP contribution >= 0.6 is 0 Å². The van der Waals surface area contributed by atoms with Crippen molar-refractivity contribution < 1.29 is 18.7 Å². The molecule has 0 spiro atoms. The molecule has 2 amide bonds.